The lowest BCUT2D eigenvalue weighted by Gasteiger charge is -2.06. The number of ether oxygens (including phenoxy) is 2. The summed E-state index contributed by atoms with van der Waals surface area (Å²) in [5.74, 6) is 5.17. The van der Waals surface area contributed by atoms with Gasteiger partial charge in [0.15, 0.2) is 5.16 Å². The number of methoxy groups -OCH3 is 1. The van der Waals surface area contributed by atoms with Crippen LogP contribution in [-0.2, 0) is 9.53 Å². The van der Waals surface area contributed by atoms with Gasteiger partial charge in [-0.3, -0.25) is 10.2 Å². The van der Waals surface area contributed by atoms with Crippen molar-refractivity contribution in [3.63, 3.8) is 0 Å². The van der Waals surface area contributed by atoms with Crippen LogP contribution >= 0.6 is 11.8 Å². The number of rotatable bonds is 7. The number of hydrogen-bond acceptors (Lipinski definition) is 9. The van der Waals surface area contributed by atoms with E-state index in [1.54, 1.807) is 0 Å². The van der Waals surface area contributed by atoms with Crippen molar-refractivity contribution >= 4 is 23.7 Å². The molecule has 0 aliphatic rings. The molecule has 18 heavy (non-hydrogen) atoms. The second kappa shape index (κ2) is 7.67. The number of nitrogens with zero attached hydrogens (tertiary/aromatic N) is 3. The number of esters is 1. The fraction of sp³-hybridized carbons (Fsp3) is 0.556. The van der Waals surface area contributed by atoms with E-state index in [-0.39, 0.29) is 23.7 Å². The summed E-state index contributed by atoms with van der Waals surface area (Å²) >= 11 is 1.12. The predicted molar refractivity (Wildman–Crippen MR) is 66.2 cm³/mol. The number of thioether (sulfide) groups is 1. The molecular weight excluding hydrogens is 258 g/mol. The third kappa shape index (κ3) is 4.72. The SMILES string of the molecule is CCCOc1nc(NN)nc(SCC(=O)OC)n1. The lowest BCUT2D eigenvalue weighted by molar-refractivity contribution is -0.137. The number of hydrazine groups is 1. The highest BCUT2D eigenvalue weighted by molar-refractivity contribution is 7.99. The average molecular weight is 273 g/mol. The summed E-state index contributed by atoms with van der Waals surface area (Å²) in [4.78, 5) is 23.0. The fourth-order valence-corrected chi connectivity index (χ4v) is 1.57. The third-order valence-corrected chi connectivity index (χ3v) is 2.53. The lowest BCUT2D eigenvalue weighted by atomic mass is 10.5. The standard InChI is InChI=1S/C9H15N5O3S/c1-3-4-17-8-11-7(14-10)12-9(13-8)18-5-6(15)16-2/h3-5,10H2,1-2H3,(H,11,12,13,14). The van der Waals surface area contributed by atoms with Crippen molar-refractivity contribution in [2.75, 3.05) is 24.9 Å². The smallest absolute Gasteiger partial charge is 0.322 e. The molecule has 0 spiro atoms. The molecule has 0 bridgehead atoms. The Morgan fingerprint density at radius 2 is 2.22 bits per heavy atom. The Hall–Kier alpha value is -1.61. The van der Waals surface area contributed by atoms with Gasteiger partial charge in [-0.25, -0.2) is 5.84 Å². The van der Waals surface area contributed by atoms with E-state index in [2.05, 4.69) is 25.1 Å². The van der Waals surface area contributed by atoms with Crippen LogP contribution in [0, 0.1) is 0 Å². The first-order valence-electron chi connectivity index (χ1n) is 5.24. The first kappa shape index (κ1) is 14.5. The van der Waals surface area contributed by atoms with Gasteiger partial charge in [-0.1, -0.05) is 18.7 Å². The molecule has 0 aliphatic heterocycles. The molecule has 0 amide bonds. The van der Waals surface area contributed by atoms with Gasteiger partial charge in [0.05, 0.1) is 19.5 Å². The number of carbonyl (C=O) groups excluding carboxylic acids is 1. The van der Waals surface area contributed by atoms with Crippen molar-refractivity contribution in [2.45, 2.75) is 18.5 Å². The van der Waals surface area contributed by atoms with Crippen LogP contribution in [0.4, 0.5) is 5.95 Å². The van der Waals surface area contributed by atoms with Crippen LogP contribution in [0.1, 0.15) is 13.3 Å². The van der Waals surface area contributed by atoms with Crippen LogP contribution in [-0.4, -0.2) is 40.4 Å². The summed E-state index contributed by atoms with van der Waals surface area (Å²) < 4.78 is 9.81. The van der Waals surface area contributed by atoms with E-state index in [4.69, 9.17) is 10.6 Å². The topological polar surface area (TPSA) is 112 Å². The molecule has 0 radical (unpaired) electrons. The van der Waals surface area contributed by atoms with Crippen LogP contribution in [0.25, 0.3) is 0 Å². The summed E-state index contributed by atoms with van der Waals surface area (Å²) in [5, 5.41) is 0.342. The van der Waals surface area contributed by atoms with Gasteiger partial charge >= 0.3 is 12.0 Å². The minimum Gasteiger partial charge on any atom is -0.468 e. The molecule has 100 valence electrons. The van der Waals surface area contributed by atoms with Crippen LogP contribution in [0.2, 0.25) is 0 Å². The summed E-state index contributed by atoms with van der Waals surface area (Å²) in [6.07, 6.45) is 0.835. The number of nitrogens with two attached hydrogens (primary N) is 1. The molecule has 0 aromatic carbocycles. The molecule has 0 aliphatic carbocycles. The van der Waals surface area contributed by atoms with E-state index >= 15 is 0 Å². The van der Waals surface area contributed by atoms with E-state index in [9.17, 15) is 4.79 Å². The summed E-state index contributed by atoms with van der Waals surface area (Å²) in [6, 6.07) is 0.173. The molecule has 0 atom stereocenters. The largest absolute Gasteiger partial charge is 0.468 e. The highest BCUT2D eigenvalue weighted by Crippen LogP contribution is 2.17. The summed E-state index contributed by atoms with van der Waals surface area (Å²) in [6.45, 7) is 2.46. The highest BCUT2D eigenvalue weighted by atomic mass is 32.2. The Bertz CT molecular complexity index is 404. The van der Waals surface area contributed by atoms with E-state index in [0.29, 0.717) is 11.8 Å². The van der Waals surface area contributed by atoms with Crippen molar-refractivity contribution in [3.05, 3.63) is 0 Å². The van der Waals surface area contributed by atoms with Gasteiger partial charge < -0.3 is 9.47 Å². The second-order valence-electron chi connectivity index (χ2n) is 3.08. The number of aromatic nitrogens is 3. The lowest BCUT2D eigenvalue weighted by Crippen LogP contribution is -2.13. The van der Waals surface area contributed by atoms with Crippen LogP contribution < -0.4 is 16.0 Å². The van der Waals surface area contributed by atoms with Crippen molar-refractivity contribution in [3.8, 4) is 6.01 Å². The second-order valence-corrected chi connectivity index (χ2v) is 4.02. The van der Waals surface area contributed by atoms with Gasteiger partial charge in [0, 0.05) is 0 Å². The van der Waals surface area contributed by atoms with Gasteiger partial charge in [0.1, 0.15) is 0 Å². The monoisotopic (exact) mass is 273 g/mol. The van der Waals surface area contributed by atoms with Gasteiger partial charge in [-0.05, 0) is 6.42 Å². The van der Waals surface area contributed by atoms with Crippen molar-refractivity contribution < 1.29 is 14.3 Å². The van der Waals surface area contributed by atoms with Crippen LogP contribution in [0.15, 0.2) is 5.16 Å². The zero-order valence-corrected chi connectivity index (χ0v) is 11.0. The highest BCUT2D eigenvalue weighted by Gasteiger charge is 2.09. The molecule has 1 aromatic heterocycles. The number of hydrogen-bond donors (Lipinski definition) is 2. The fourth-order valence-electron chi connectivity index (χ4n) is 0.907. The van der Waals surface area contributed by atoms with Crippen molar-refractivity contribution in [2.24, 2.45) is 5.84 Å². The van der Waals surface area contributed by atoms with Crippen LogP contribution in [0.3, 0.4) is 0 Å². The normalized spacial score (nSPS) is 9.94. The first-order chi connectivity index (χ1) is 8.69. The Morgan fingerprint density at radius 1 is 1.44 bits per heavy atom. The Morgan fingerprint density at radius 3 is 2.83 bits per heavy atom. The molecule has 8 nitrogen and oxygen atoms in total. The van der Waals surface area contributed by atoms with E-state index in [1.165, 1.54) is 7.11 Å². The first-order valence-corrected chi connectivity index (χ1v) is 6.23. The maximum Gasteiger partial charge on any atom is 0.322 e. The molecule has 1 heterocycles. The zero-order chi connectivity index (χ0) is 13.4. The number of anilines is 1. The van der Waals surface area contributed by atoms with Crippen molar-refractivity contribution in [1.29, 1.82) is 0 Å². The number of carbonyl (C=O) groups is 1. The molecule has 1 rings (SSSR count). The van der Waals surface area contributed by atoms with E-state index in [0.717, 1.165) is 18.2 Å². The molecule has 9 heteroatoms. The quantitative estimate of drug-likeness (QED) is 0.311. The summed E-state index contributed by atoms with van der Waals surface area (Å²) in [5.41, 5.74) is 2.31. The number of nitrogen functional groups attached to an aromatic ring is 1. The minimum absolute atomic E-state index is 0.109. The zero-order valence-electron chi connectivity index (χ0n) is 10.2. The molecule has 0 unspecified atom stereocenters. The molecule has 0 fully saturated rings. The van der Waals surface area contributed by atoms with Gasteiger partial charge in [0.2, 0.25) is 5.95 Å². The number of nitrogens with one attached hydrogen (secondary N) is 1. The van der Waals surface area contributed by atoms with E-state index < -0.39 is 0 Å². The minimum atomic E-state index is -0.362. The van der Waals surface area contributed by atoms with Crippen molar-refractivity contribution in [1.82, 2.24) is 15.0 Å². The molecule has 1 aromatic rings. The molecular formula is C9H15N5O3S. The van der Waals surface area contributed by atoms with E-state index in [1.807, 2.05) is 6.92 Å². The Kier molecular flexibility index (Phi) is 6.15. The maximum absolute atomic E-state index is 11.0. The predicted octanol–water partition coefficient (Wildman–Crippen LogP) is 0.211. The Balaban J connectivity index is 2.73. The van der Waals surface area contributed by atoms with Crippen LogP contribution in [0.5, 0.6) is 6.01 Å². The summed E-state index contributed by atoms with van der Waals surface area (Å²) in [7, 11) is 1.32. The molecule has 0 saturated heterocycles. The van der Waals surface area contributed by atoms with Gasteiger partial charge in [-0.15, -0.1) is 0 Å². The maximum atomic E-state index is 11.0. The molecule has 3 N–H and O–H groups in total. The average Bonchev–Trinajstić information content (AvgIpc) is 2.42. The van der Waals surface area contributed by atoms with Gasteiger partial charge in [0.25, 0.3) is 0 Å². The third-order valence-electron chi connectivity index (χ3n) is 1.71. The Labute approximate surface area is 109 Å². The van der Waals surface area contributed by atoms with Gasteiger partial charge in [-0.2, -0.15) is 15.0 Å². The molecule has 0 saturated carbocycles.